The zero-order valence-electron chi connectivity index (χ0n) is 11.3. The Morgan fingerprint density at radius 3 is 2.62 bits per heavy atom. The van der Waals surface area contributed by atoms with Crippen LogP contribution in [0.4, 0.5) is 0 Å². The maximum absolute atomic E-state index is 11.9. The lowest BCUT2D eigenvalue weighted by Crippen LogP contribution is -2.06. The van der Waals surface area contributed by atoms with Gasteiger partial charge in [-0.25, -0.2) is 4.79 Å². The van der Waals surface area contributed by atoms with Crippen molar-refractivity contribution in [3.8, 4) is 0 Å². The molecule has 1 aliphatic heterocycles. The summed E-state index contributed by atoms with van der Waals surface area (Å²) in [6.07, 6.45) is 1.74. The maximum Gasteiger partial charge on any atom is 0.368 e. The van der Waals surface area contributed by atoms with Gasteiger partial charge in [0.15, 0.2) is 0 Å². The molecule has 2 aromatic rings. The second-order valence-electron chi connectivity index (χ2n) is 4.75. The summed E-state index contributed by atoms with van der Waals surface area (Å²) in [5.74, 6) is -0.453. The normalized spacial score (nSPS) is 16.0. The standard InChI is InChI=1S/C17H12ClNO2/c1-11-7-8-12(10-15(11)18)9-14-16(19-21-17(14)20)13-5-3-2-4-6-13/h2-10H,1H3. The molecule has 4 heteroatoms. The molecule has 0 atom stereocenters. The minimum absolute atomic E-state index is 0.432. The number of nitrogens with zero attached hydrogens (tertiary/aromatic N) is 1. The van der Waals surface area contributed by atoms with Gasteiger partial charge in [0.05, 0.1) is 5.57 Å². The Labute approximate surface area is 127 Å². The molecule has 0 spiro atoms. The summed E-state index contributed by atoms with van der Waals surface area (Å²) < 4.78 is 0. The first kappa shape index (κ1) is 13.6. The maximum atomic E-state index is 11.9. The lowest BCUT2D eigenvalue weighted by Gasteiger charge is -2.02. The molecular weight excluding hydrogens is 286 g/mol. The summed E-state index contributed by atoms with van der Waals surface area (Å²) >= 11 is 6.11. The fraction of sp³-hybridized carbons (Fsp3) is 0.0588. The zero-order valence-corrected chi connectivity index (χ0v) is 12.1. The largest absolute Gasteiger partial charge is 0.368 e. The third kappa shape index (κ3) is 2.73. The third-order valence-electron chi connectivity index (χ3n) is 3.25. The number of aryl methyl sites for hydroxylation is 1. The summed E-state index contributed by atoms with van der Waals surface area (Å²) in [4.78, 5) is 16.7. The Morgan fingerprint density at radius 1 is 1.14 bits per heavy atom. The lowest BCUT2D eigenvalue weighted by molar-refractivity contribution is -0.136. The van der Waals surface area contributed by atoms with E-state index >= 15 is 0 Å². The van der Waals surface area contributed by atoms with Crippen molar-refractivity contribution in [2.75, 3.05) is 0 Å². The highest BCUT2D eigenvalue weighted by molar-refractivity contribution is 6.32. The van der Waals surface area contributed by atoms with Gasteiger partial charge in [0.2, 0.25) is 0 Å². The van der Waals surface area contributed by atoms with E-state index in [0.29, 0.717) is 16.3 Å². The van der Waals surface area contributed by atoms with E-state index in [4.69, 9.17) is 16.4 Å². The van der Waals surface area contributed by atoms with Crippen LogP contribution in [-0.4, -0.2) is 11.7 Å². The molecule has 1 aliphatic rings. The molecule has 0 saturated carbocycles. The molecule has 0 bridgehead atoms. The van der Waals surface area contributed by atoms with E-state index in [1.807, 2.05) is 55.5 Å². The zero-order chi connectivity index (χ0) is 14.8. The average Bonchev–Trinajstić information content (AvgIpc) is 2.85. The van der Waals surface area contributed by atoms with Gasteiger partial charge in [-0.1, -0.05) is 59.2 Å². The van der Waals surface area contributed by atoms with E-state index in [1.54, 1.807) is 6.08 Å². The van der Waals surface area contributed by atoms with Crippen LogP contribution in [0, 0.1) is 6.92 Å². The minimum atomic E-state index is -0.453. The molecule has 3 nitrogen and oxygen atoms in total. The topological polar surface area (TPSA) is 38.7 Å². The van der Waals surface area contributed by atoms with Crippen LogP contribution in [-0.2, 0) is 9.63 Å². The summed E-state index contributed by atoms with van der Waals surface area (Å²) in [5.41, 5.74) is 3.64. The van der Waals surface area contributed by atoms with Crippen LogP contribution in [0.15, 0.2) is 59.3 Å². The molecule has 0 N–H and O–H groups in total. The van der Waals surface area contributed by atoms with Crippen molar-refractivity contribution < 1.29 is 9.63 Å². The molecule has 0 unspecified atom stereocenters. The Bertz CT molecular complexity index is 764. The first-order valence-electron chi connectivity index (χ1n) is 6.48. The highest BCUT2D eigenvalue weighted by Gasteiger charge is 2.26. The van der Waals surface area contributed by atoms with Crippen LogP contribution in [0.3, 0.4) is 0 Å². The molecule has 0 fully saturated rings. The first-order valence-corrected chi connectivity index (χ1v) is 6.86. The van der Waals surface area contributed by atoms with Crippen LogP contribution in [0.1, 0.15) is 16.7 Å². The number of hydrogen-bond donors (Lipinski definition) is 0. The van der Waals surface area contributed by atoms with Crippen molar-refractivity contribution in [2.45, 2.75) is 6.92 Å². The van der Waals surface area contributed by atoms with Gasteiger partial charge in [-0.3, -0.25) is 0 Å². The summed E-state index contributed by atoms with van der Waals surface area (Å²) in [6, 6.07) is 15.1. The lowest BCUT2D eigenvalue weighted by atomic mass is 10.0. The van der Waals surface area contributed by atoms with E-state index in [-0.39, 0.29) is 0 Å². The van der Waals surface area contributed by atoms with Crippen molar-refractivity contribution >= 4 is 29.4 Å². The van der Waals surface area contributed by atoms with Crippen LogP contribution < -0.4 is 0 Å². The minimum Gasteiger partial charge on any atom is -0.312 e. The van der Waals surface area contributed by atoms with Gasteiger partial charge in [-0.2, -0.15) is 0 Å². The number of carbonyl (C=O) groups excluding carboxylic acids is 1. The molecule has 1 heterocycles. The SMILES string of the molecule is Cc1ccc(C=C2C(=O)ON=C2c2ccccc2)cc1Cl. The molecule has 104 valence electrons. The van der Waals surface area contributed by atoms with Gasteiger partial charge in [0.1, 0.15) is 5.71 Å². The molecule has 21 heavy (non-hydrogen) atoms. The fourth-order valence-corrected chi connectivity index (χ4v) is 2.27. The smallest absolute Gasteiger partial charge is 0.312 e. The number of hydrogen-bond acceptors (Lipinski definition) is 3. The van der Waals surface area contributed by atoms with Gasteiger partial charge >= 0.3 is 5.97 Å². The summed E-state index contributed by atoms with van der Waals surface area (Å²) in [7, 11) is 0. The van der Waals surface area contributed by atoms with E-state index in [1.165, 1.54) is 0 Å². The average molecular weight is 298 g/mol. The molecule has 2 aromatic carbocycles. The van der Waals surface area contributed by atoms with E-state index in [2.05, 4.69) is 5.16 Å². The highest BCUT2D eigenvalue weighted by atomic mass is 35.5. The number of benzene rings is 2. The van der Waals surface area contributed by atoms with Crippen molar-refractivity contribution in [1.82, 2.24) is 0 Å². The molecular formula is C17H12ClNO2. The molecule has 0 saturated heterocycles. The first-order chi connectivity index (χ1) is 10.1. The Hall–Kier alpha value is -2.39. The monoisotopic (exact) mass is 297 g/mol. The summed E-state index contributed by atoms with van der Waals surface area (Å²) in [5, 5.41) is 4.53. The number of carbonyl (C=O) groups is 1. The van der Waals surface area contributed by atoms with Crippen molar-refractivity contribution in [1.29, 1.82) is 0 Å². The van der Waals surface area contributed by atoms with Crippen molar-refractivity contribution in [2.24, 2.45) is 5.16 Å². The highest BCUT2D eigenvalue weighted by Crippen LogP contribution is 2.23. The van der Waals surface area contributed by atoms with E-state index in [0.717, 1.165) is 16.7 Å². The molecule has 0 aliphatic carbocycles. The Kier molecular flexibility index (Phi) is 3.59. The van der Waals surface area contributed by atoms with Crippen LogP contribution in [0.2, 0.25) is 5.02 Å². The van der Waals surface area contributed by atoms with Gasteiger partial charge in [0, 0.05) is 10.6 Å². The fourth-order valence-electron chi connectivity index (χ4n) is 2.08. The summed E-state index contributed by atoms with van der Waals surface area (Å²) in [6.45, 7) is 1.93. The quantitative estimate of drug-likeness (QED) is 0.621. The van der Waals surface area contributed by atoms with Gasteiger partial charge in [-0.15, -0.1) is 0 Å². The second kappa shape index (κ2) is 5.54. The van der Waals surface area contributed by atoms with Crippen LogP contribution in [0.25, 0.3) is 6.08 Å². The molecule has 0 amide bonds. The number of rotatable bonds is 2. The van der Waals surface area contributed by atoms with Gasteiger partial charge in [0.25, 0.3) is 0 Å². The Balaban J connectivity index is 2.02. The molecule has 0 aromatic heterocycles. The number of halogens is 1. The predicted octanol–water partition coefficient (Wildman–Crippen LogP) is 3.99. The number of oxime groups is 1. The van der Waals surface area contributed by atoms with Crippen LogP contribution in [0.5, 0.6) is 0 Å². The van der Waals surface area contributed by atoms with Crippen molar-refractivity contribution in [3.63, 3.8) is 0 Å². The molecule has 0 radical (unpaired) electrons. The predicted molar refractivity (Wildman–Crippen MR) is 83.2 cm³/mol. The Morgan fingerprint density at radius 2 is 1.90 bits per heavy atom. The van der Waals surface area contributed by atoms with Crippen LogP contribution >= 0.6 is 11.6 Å². The van der Waals surface area contributed by atoms with E-state index in [9.17, 15) is 4.79 Å². The van der Waals surface area contributed by atoms with Gasteiger partial charge in [-0.05, 0) is 30.2 Å². The third-order valence-corrected chi connectivity index (χ3v) is 3.66. The van der Waals surface area contributed by atoms with Crippen molar-refractivity contribution in [3.05, 3.63) is 75.8 Å². The molecule has 3 rings (SSSR count). The van der Waals surface area contributed by atoms with E-state index < -0.39 is 5.97 Å². The van der Waals surface area contributed by atoms with Gasteiger partial charge < -0.3 is 4.84 Å². The second-order valence-corrected chi connectivity index (χ2v) is 5.16.